The zero-order chi connectivity index (χ0) is 12.3. The highest BCUT2D eigenvalue weighted by molar-refractivity contribution is 5.82. The number of fused-ring (bicyclic) bond motifs is 1. The summed E-state index contributed by atoms with van der Waals surface area (Å²) in [5.41, 5.74) is 1.51. The van der Waals surface area contributed by atoms with Gasteiger partial charge in [0.25, 0.3) is 0 Å². The van der Waals surface area contributed by atoms with Gasteiger partial charge < -0.3 is 9.84 Å². The molecule has 0 aliphatic rings. The summed E-state index contributed by atoms with van der Waals surface area (Å²) in [6, 6.07) is 6.83. The number of aromatic nitrogens is 1. The van der Waals surface area contributed by atoms with Crippen LogP contribution in [-0.4, -0.2) is 22.7 Å². The molecule has 1 N–H and O–H groups in total. The molecule has 0 aliphatic carbocycles. The maximum atomic E-state index is 11.3. The molecule has 2 aromatic rings. The van der Waals surface area contributed by atoms with Gasteiger partial charge in [-0.3, -0.25) is 9.78 Å². The van der Waals surface area contributed by atoms with Crippen molar-refractivity contribution in [2.24, 2.45) is 0 Å². The summed E-state index contributed by atoms with van der Waals surface area (Å²) in [7, 11) is 0. The number of aromatic hydroxyl groups is 1. The molecule has 0 radical (unpaired) electrons. The number of carbonyl (C=O) groups excluding carboxylic acids is 1. The second-order valence-corrected chi connectivity index (χ2v) is 3.70. The van der Waals surface area contributed by atoms with E-state index in [4.69, 9.17) is 4.74 Å². The van der Waals surface area contributed by atoms with E-state index in [0.717, 1.165) is 10.9 Å². The number of benzene rings is 1. The molecule has 0 bridgehead atoms. The summed E-state index contributed by atoms with van der Waals surface area (Å²) in [6.45, 7) is 2.16. The highest BCUT2D eigenvalue weighted by Gasteiger charge is 2.05. The third kappa shape index (κ3) is 2.72. The molecule has 0 fully saturated rings. The number of hydrogen-bond acceptors (Lipinski definition) is 4. The predicted molar refractivity (Wildman–Crippen MR) is 63.7 cm³/mol. The van der Waals surface area contributed by atoms with Crippen molar-refractivity contribution in [3.05, 3.63) is 36.0 Å². The summed E-state index contributed by atoms with van der Waals surface area (Å²) in [5, 5.41) is 10.2. The molecule has 0 saturated carbocycles. The van der Waals surface area contributed by atoms with Gasteiger partial charge in [-0.25, -0.2) is 0 Å². The maximum absolute atomic E-state index is 11.3. The summed E-state index contributed by atoms with van der Waals surface area (Å²) in [6.07, 6.45) is 1.84. The minimum Gasteiger partial charge on any atom is -0.508 e. The number of ether oxygens (including phenoxy) is 1. The number of phenols is 1. The Morgan fingerprint density at radius 3 is 3.00 bits per heavy atom. The SMILES string of the molecule is CCOC(=O)Cc1cnc2cc(O)ccc2c1. The first-order chi connectivity index (χ1) is 8.19. The van der Waals surface area contributed by atoms with Crippen molar-refractivity contribution in [3.63, 3.8) is 0 Å². The van der Waals surface area contributed by atoms with E-state index in [9.17, 15) is 9.90 Å². The Labute approximate surface area is 98.9 Å². The molecule has 2 rings (SSSR count). The van der Waals surface area contributed by atoms with Crippen LogP contribution in [0.3, 0.4) is 0 Å². The summed E-state index contributed by atoms with van der Waals surface area (Å²) >= 11 is 0. The van der Waals surface area contributed by atoms with Gasteiger partial charge in [0.15, 0.2) is 0 Å². The minimum absolute atomic E-state index is 0.183. The van der Waals surface area contributed by atoms with Crippen molar-refractivity contribution in [1.82, 2.24) is 4.98 Å². The van der Waals surface area contributed by atoms with Gasteiger partial charge >= 0.3 is 5.97 Å². The number of phenolic OH excluding ortho intramolecular Hbond substituents is 1. The Morgan fingerprint density at radius 1 is 1.41 bits per heavy atom. The highest BCUT2D eigenvalue weighted by atomic mass is 16.5. The maximum Gasteiger partial charge on any atom is 0.310 e. The van der Waals surface area contributed by atoms with E-state index in [1.54, 1.807) is 31.3 Å². The van der Waals surface area contributed by atoms with Crippen LogP contribution in [0.2, 0.25) is 0 Å². The van der Waals surface area contributed by atoms with Crippen LogP contribution in [0.1, 0.15) is 12.5 Å². The second-order valence-electron chi connectivity index (χ2n) is 3.70. The predicted octanol–water partition coefficient (Wildman–Crippen LogP) is 2.05. The van der Waals surface area contributed by atoms with Gasteiger partial charge in [-0.05, 0) is 30.7 Å². The van der Waals surface area contributed by atoms with Crippen LogP contribution in [0.5, 0.6) is 5.75 Å². The molecule has 17 heavy (non-hydrogen) atoms. The average Bonchev–Trinajstić information content (AvgIpc) is 2.29. The lowest BCUT2D eigenvalue weighted by atomic mass is 10.1. The fourth-order valence-corrected chi connectivity index (χ4v) is 1.63. The molecule has 0 atom stereocenters. The summed E-state index contributed by atoms with van der Waals surface area (Å²) in [5.74, 6) is -0.0735. The molecule has 4 nitrogen and oxygen atoms in total. The molecule has 0 amide bonds. The Hall–Kier alpha value is -2.10. The fourth-order valence-electron chi connectivity index (χ4n) is 1.63. The summed E-state index contributed by atoms with van der Waals surface area (Å²) < 4.78 is 4.87. The van der Waals surface area contributed by atoms with Gasteiger partial charge in [0.05, 0.1) is 18.5 Å². The Balaban J connectivity index is 2.26. The Kier molecular flexibility index (Phi) is 3.23. The van der Waals surface area contributed by atoms with Gasteiger partial charge in [-0.1, -0.05) is 0 Å². The van der Waals surface area contributed by atoms with Crippen LogP contribution >= 0.6 is 0 Å². The van der Waals surface area contributed by atoms with E-state index in [2.05, 4.69) is 4.98 Å². The van der Waals surface area contributed by atoms with Gasteiger partial charge in [0, 0.05) is 17.6 Å². The van der Waals surface area contributed by atoms with Crippen LogP contribution in [0.15, 0.2) is 30.5 Å². The van der Waals surface area contributed by atoms with Crippen molar-refractivity contribution in [2.75, 3.05) is 6.61 Å². The van der Waals surface area contributed by atoms with E-state index >= 15 is 0 Å². The first-order valence-corrected chi connectivity index (χ1v) is 5.42. The van der Waals surface area contributed by atoms with Gasteiger partial charge in [0.2, 0.25) is 0 Å². The van der Waals surface area contributed by atoms with E-state index in [0.29, 0.717) is 12.1 Å². The zero-order valence-electron chi connectivity index (χ0n) is 9.51. The molecular formula is C13H13NO3. The molecular weight excluding hydrogens is 218 g/mol. The van der Waals surface area contributed by atoms with Crippen LogP contribution in [0.4, 0.5) is 0 Å². The topological polar surface area (TPSA) is 59.4 Å². The molecule has 88 valence electrons. The van der Waals surface area contributed by atoms with Crippen LogP contribution < -0.4 is 0 Å². The van der Waals surface area contributed by atoms with Crippen molar-refractivity contribution in [1.29, 1.82) is 0 Å². The van der Waals surface area contributed by atoms with Crippen molar-refractivity contribution in [3.8, 4) is 5.75 Å². The van der Waals surface area contributed by atoms with Crippen molar-refractivity contribution >= 4 is 16.9 Å². The monoisotopic (exact) mass is 231 g/mol. The highest BCUT2D eigenvalue weighted by Crippen LogP contribution is 2.19. The minimum atomic E-state index is -0.257. The lowest BCUT2D eigenvalue weighted by Crippen LogP contribution is -2.07. The van der Waals surface area contributed by atoms with Crippen LogP contribution in [0, 0.1) is 0 Å². The molecule has 4 heteroatoms. The number of rotatable bonds is 3. The first-order valence-electron chi connectivity index (χ1n) is 5.42. The number of pyridine rings is 1. The smallest absolute Gasteiger partial charge is 0.310 e. The molecule has 0 spiro atoms. The van der Waals surface area contributed by atoms with Gasteiger partial charge in [-0.2, -0.15) is 0 Å². The lowest BCUT2D eigenvalue weighted by Gasteiger charge is -2.03. The van der Waals surface area contributed by atoms with E-state index in [1.807, 2.05) is 6.07 Å². The first kappa shape index (κ1) is 11.4. The Bertz CT molecular complexity index is 551. The van der Waals surface area contributed by atoms with Crippen molar-refractivity contribution < 1.29 is 14.6 Å². The molecule has 1 aromatic carbocycles. The quantitative estimate of drug-likeness (QED) is 0.821. The molecule has 0 unspecified atom stereocenters. The molecule has 0 saturated heterocycles. The molecule has 0 aliphatic heterocycles. The summed E-state index contributed by atoms with van der Waals surface area (Å²) in [4.78, 5) is 15.5. The lowest BCUT2D eigenvalue weighted by molar-refractivity contribution is -0.142. The third-order valence-electron chi connectivity index (χ3n) is 2.38. The van der Waals surface area contributed by atoms with Crippen molar-refractivity contribution in [2.45, 2.75) is 13.3 Å². The van der Waals surface area contributed by atoms with Crippen LogP contribution in [-0.2, 0) is 16.0 Å². The number of nitrogens with zero attached hydrogens (tertiary/aromatic N) is 1. The van der Waals surface area contributed by atoms with E-state index < -0.39 is 0 Å². The van der Waals surface area contributed by atoms with Crippen LogP contribution in [0.25, 0.3) is 10.9 Å². The average molecular weight is 231 g/mol. The van der Waals surface area contributed by atoms with E-state index in [-0.39, 0.29) is 18.1 Å². The Morgan fingerprint density at radius 2 is 2.24 bits per heavy atom. The second kappa shape index (κ2) is 4.82. The normalized spacial score (nSPS) is 10.4. The standard InChI is InChI=1S/C13H13NO3/c1-2-17-13(16)6-9-5-10-3-4-11(15)7-12(10)14-8-9/h3-5,7-8,15H,2,6H2,1H3. The largest absolute Gasteiger partial charge is 0.508 e. The zero-order valence-corrected chi connectivity index (χ0v) is 9.51. The number of hydrogen-bond donors (Lipinski definition) is 1. The van der Waals surface area contributed by atoms with Gasteiger partial charge in [0.1, 0.15) is 5.75 Å². The molecule has 1 aromatic heterocycles. The van der Waals surface area contributed by atoms with E-state index in [1.165, 1.54) is 0 Å². The van der Waals surface area contributed by atoms with Gasteiger partial charge in [-0.15, -0.1) is 0 Å². The number of esters is 1. The fraction of sp³-hybridized carbons (Fsp3) is 0.231. The third-order valence-corrected chi connectivity index (χ3v) is 2.38. The molecule has 1 heterocycles. The number of carbonyl (C=O) groups is 1.